The van der Waals surface area contributed by atoms with Gasteiger partial charge in [-0.3, -0.25) is 9.78 Å². The Morgan fingerprint density at radius 3 is 2.69 bits per heavy atom. The van der Waals surface area contributed by atoms with Crippen molar-refractivity contribution in [3.8, 4) is 22.9 Å². The number of alkyl halides is 3. The summed E-state index contributed by atoms with van der Waals surface area (Å²) >= 11 is 1.46. The molecule has 1 amide bonds. The van der Waals surface area contributed by atoms with Crippen LogP contribution in [0.4, 0.5) is 18.9 Å². The highest BCUT2D eigenvalue weighted by Gasteiger charge is 2.31. The van der Waals surface area contributed by atoms with Crippen LogP contribution in [-0.4, -0.2) is 25.8 Å². The van der Waals surface area contributed by atoms with E-state index >= 15 is 0 Å². The Morgan fingerprint density at radius 2 is 1.89 bits per heavy atom. The largest absolute Gasteiger partial charge is 0.437 e. The molecule has 174 valence electrons. The Kier molecular flexibility index (Phi) is 5.83. The zero-order valence-electron chi connectivity index (χ0n) is 17.7. The molecule has 0 fully saturated rings. The minimum atomic E-state index is -4.60. The molecule has 5 rings (SSSR count). The number of carbonyl (C=O) groups is 1. The molecule has 0 aliphatic carbocycles. The first-order chi connectivity index (χ1) is 16.9. The molecule has 1 N–H and O–H groups in total. The molecule has 3 heterocycles. The predicted molar refractivity (Wildman–Crippen MR) is 124 cm³/mol. The first kappa shape index (κ1) is 22.4. The zero-order chi connectivity index (χ0) is 24.4. The van der Waals surface area contributed by atoms with Gasteiger partial charge in [-0.15, -0.1) is 11.3 Å². The van der Waals surface area contributed by atoms with Gasteiger partial charge in [0.05, 0.1) is 32.7 Å². The summed E-state index contributed by atoms with van der Waals surface area (Å²) in [6.07, 6.45) is -0.561. The maximum absolute atomic E-state index is 13.4. The van der Waals surface area contributed by atoms with Crippen LogP contribution in [0, 0.1) is 0 Å². The normalized spacial score (nSPS) is 11.4. The van der Waals surface area contributed by atoms with Gasteiger partial charge in [0.15, 0.2) is 5.75 Å². The van der Waals surface area contributed by atoms with Crippen molar-refractivity contribution >= 4 is 33.1 Å². The van der Waals surface area contributed by atoms with Crippen molar-refractivity contribution < 1.29 is 22.7 Å². The Hall–Kier alpha value is -4.38. The summed E-state index contributed by atoms with van der Waals surface area (Å²) in [4.78, 5) is 29.1. The molecule has 7 nitrogen and oxygen atoms in total. The van der Waals surface area contributed by atoms with Crippen LogP contribution in [0.15, 0.2) is 78.8 Å². The molecular formula is C24H14F3N5O2S. The fourth-order valence-corrected chi connectivity index (χ4v) is 4.03. The maximum atomic E-state index is 13.4. The number of amides is 1. The van der Waals surface area contributed by atoms with E-state index in [2.05, 4.69) is 25.3 Å². The van der Waals surface area contributed by atoms with E-state index in [0.717, 1.165) is 16.8 Å². The third kappa shape index (κ3) is 4.80. The Morgan fingerprint density at radius 1 is 1.00 bits per heavy atom. The summed E-state index contributed by atoms with van der Waals surface area (Å²) in [6.45, 7) is 0. The van der Waals surface area contributed by atoms with Crippen molar-refractivity contribution in [3.63, 3.8) is 0 Å². The number of halogens is 3. The first-order valence-corrected chi connectivity index (χ1v) is 11.0. The average Bonchev–Trinajstić information content (AvgIpc) is 3.34. The van der Waals surface area contributed by atoms with Crippen molar-refractivity contribution in [3.05, 3.63) is 90.0 Å². The van der Waals surface area contributed by atoms with Gasteiger partial charge in [-0.1, -0.05) is 12.1 Å². The molecule has 35 heavy (non-hydrogen) atoms. The van der Waals surface area contributed by atoms with Crippen LogP contribution in [0.5, 0.6) is 11.6 Å². The van der Waals surface area contributed by atoms with E-state index in [0.29, 0.717) is 11.3 Å². The number of para-hydroxylation sites is 1. The number of hydrogen-bond donors (Lipinski definition) is 1. The average molecular weight is 493 g/mol. The quantitative estimate of drug-likeness (QED) is 0.313. The minimum Gasteiger partial charge on any atom is -0.437 e. The van der Waals surface area contributed by atoms with E-state index in [-0.39, 0.29) is 28.4 Å². The SMILES string of the molecule is O=C(Nc1cc(C(F)(F)F)ccc1-c1cc(Oc2cccc3scnc23)ncn1)c1cccnc1. The highest BCUT2D eigenvalue weighted by molar-refractivity contribution is 7.16. The number of hydrogen-bond acceptors (Lipinski definition) is 7. The number of carbonyl (C=O) groups excluding carboxylic acids is 1. The third-order valence-electron chi connectivity index (χ3n) is 4.97. The summed E-state index contributed by atoms with van der Waals surface area (Å²) in [6, 6.07) is 13.0. The second kappa shape index (κ2) is 9.11. The smallest absolute Gasteiger partial charge is 0.416 e. The Labute approximate surface area is 200 Å². The molecule has 0 aliphatic rings. The van der Waals surface area contributed by atoms with E-state index in [1.165, 1.54) is 48.3 Å². The van der Waals surface area contributed by atoms with Crippen LogP contribution in [-0.2, 0) is 6.18 Å². The fraction of sp³-hybridized carbons (Fsp3) is 0.0417. The van der Waals surface area contributed by atoms with Gasteiger partial charge in [-0.25, -0.2) is 15.0 Å². The van der Waals surface area contributed by atoms with Gasteiger partial charge in [0, 0.05) is 24.0 Å². The van der Waals surface area contributed by atoms with Crippen LogP contribution in [0.25, 0.3) is 21.5 Å². The van der Waals surface area contributed by atoms with Crippen molar-refractivity contribution in [2.45, 2.75) is 6.18 Å². The second-order valence-electron chi connectivity index (χ2n) is 7.25. The van der Waals surface area contributed by atoms with Crippen LogP contribution in [0.3, 0.4) is 0 Å². The predicted octanol–water partition coefficient (Wildman–Crippen LogP) is 6.21. The van der Waals surface area contributed by atoms with Crippen molar-refractivity contribution in [2.24, 2.45) is 0 Å². The highest BCUT2D eigenvalue weighted by Crippen LogP contribution is 2.37. The molecule has 0 saturated carbocycles. The van der Waals surface area contributed by atoms with Gasteiger partial charge in [0.1, 0.15) is 11.8 Å². The van der Waals surface area contributed by atoms with E-state index in [1.54, 1.807) is 17.6 Å². The molecule has 2 aromatic carbocycles. The molecule has 0 unspecified atom stereocenters. The zero-order valence-corrected chi connectivity index (χ0v) is 18.5. The summed E-state index contributed by atoms with van der Waals surface area (Å²) in [5.74, 6) is 0.0327. The first-order valence-electron chi connectivity index (χ1n) is 10.1. The summed E-state index contributed by atoms with van der Waals surface area (Å²) in [7, 11) is 0. The summed E-state index contributed by atoms with van der Waals surface area (Å²) in [5, 5.41) is 2.54. The van der Waals surface area contributed by atoms with Crippen molar-refractivity contribution in [1.29, 1.82) is 0 Å². The van der Waals surface area contributed by atoms with Gasteiger partial charge in [-0.2, -0.15) is 13.2 Å². The lowest BCUT2D eigenvalue weighted by molar-refractivity contribution is -0.137. The number of pyridine rings is 1. The number of thiazole rings is 1. The van der Waals surface area contributed by atoms with Crippen LogP contribution < -0.4 is 10.1 Å². The number of aromatic nitrogens is 4. The minimum absolute atomic E-state index is 0.0695. The topological polar surface area (TPSA) is 89.9 Å². The van der Waals surface area contributed by atoms with Gasteiger partial charge >= 0.3 is 6.18 Å². The molecule has 5 aromatic rings. The number of benzene rings is 2. The molecule has 0 radical (unpaired) electrons. The standard InChI is InChI=1S/C24H14F3N5O2S/c25-24(26,27)15-6-7-16(18(9-15)32-23(33)14-3-2-8-28-11-14)17-10-21(30-12-29-17)34-19-4-1-5-20-22(19)31-13-35-20/h1-13H,(H,32,33). The maximum Gasteiger partial charge on any atom is 0.416 e. The summed E-state index contributed by atoms with van der Waals surface area (Å²) < 4.78 is 47.0. The molecule has 0 atom stereocenters. The van der Waals surface area contributed by atoms with Crippen LogP contribution in [0.2, 0.25) is 0 Å². The highest BCUT2D eigenvalue weighted by atomic mass is 32.1. The van der Waals surface area contributed by atoms with Gasteiger partial charge < -0.3 is 10.1 Å². The molecule has 0 aliphatic heterocycles. The molecule has 0 saturated heterocycles. The lowest BCUT2D eigenvalue weighted by Gasteiger charge is -2.15. The molecule has 11 heteroatoms. The number of fused-ring (bicyclic) bond motifs is 1. The number of nitrogens with one attached hydrogen (secondary N) is 1. The van der Waals surface area contributed by atoms with Crippen molar-refractivity contribution in [1.82, 2.24) is 19.9 Å². The van der Waals surface area contributed by atoms with Gasteiger partial charge in [-0.05, 0) is 36.4 Å². The molecule has 0 spiro atoms. The lowest BCUT2D eigenvalue weighted by Crippen LogP contribution is -2.14. The Bertz CT molecular complexity index is 1520. The van der Waals surface area contributed by atoms with E-state index in [4.69, 9.17) is 4.74 Å². The lowest BCUT2D eigenvalue weighted by atomic mass is 10.0. The number of ether oxygens (including phenoxy) is 1. The van der Waals surface area contributed by atoms with E-state index in [1.807, 2.05) is 12.1 Å². The van der Waals surface area contributed by atoms with E-state index < -0.39 is 17.6 Å². The number of anilines is 1. The third-order valence-corrected chi connectivity index (χ3v) is 5.77. The molecule has 0 bridgehead atoms. The van der Waals surface area contributed by atoms with Gasteiger partial charge in [0.2, 0.25) is 5.88 Å². The van der Waals surface area contributed by atoms with Gasteiger partial charge in [0.25, 0.3) is 5.91 Å². The fourth-order valence-electron chi connectivity index (χ4n) is 3.34. The molecule has 3 aromatic heterocycles. The van der Waals surface area contributed by atoms with E-state index in [9.17, 15) is 18.0 Å². The Balaban J connectivity index is 1.52. The van der Waals surface area contributed by atoms with Crippen LogP contribution >= 0.6 is 11.3 Å². The number of nitrogens with zero attached hydrogens (tertiary/aromatic N) is 4. The van der Waals surface area contributed by atoms with Crippen LogP contribution in [0.1, 0.15) is 15.9 Å². The monoisotopic (exact) mass is 493 g/mol. The summed E-state index contributed by atoms with van der Waals surface area (Å²) in [5.41, 5.74) is 2.09. The molecular weight excluding hydrogens is 479 g/mol. The number of rotatable bonds is 5. The second-order valence-corrected chi connectivity index (χ2v) is 8.14. The van der Waals surface area contributed by atoms with Crippen molar-refractivity contribution in [2.75, 3.05) is 5.32 Å².